The molecule has 0 spiro atoms. The van der Waals surface area contributed by atoms with E-state index in [-0.39, 0.29) is 18.6 Å². The highest BCUT2D eigenvalue weighted by molar-refractivity contribution is 5.26. The van der Waals surface area contributed by atoms with Gasteiger partial charge in [0.15, 0.2) is 11.6 Å². The number of hydrogen-bond donors (Lipinski definition) is 1. The van der Waals surface area contributed by atoms with E-state index in [1.54, 1.807) is 0 Å². The van der Waals surface area contributed by atoms with Crippen molar-refractivity contribution in [2.75, 3.05) is 7.11 Å². The number of methoxy groups -OCH3 is 1. The molecule has 2 nitrogen and oxygen atoms in total. The van der Waals surface area contributed by atoms with Gasteiger partial charge in [0.05, 0.1) is 12.7 Å². The maximum atomic E-state index is 13.3. The minimum absolute atomic E-state index is 0.0975. The van der Waals surface area contributed by atoms with E-state index in [0.717, 1.165) is 6.07 Å². The smallest absolute Gasteiger partial charge is 0.162 e. The predicted molar refractivity (Wildman–Crippen MR) is 52.5 cm³/mol. The van der Waals surface area contributed by atoms with Crippen LogP contribution in [-0.4, -0.2) is 18.3 Å². The molecule has 1 N–H and O–H groups in total. The van der Waals surface area contributed by atoms with Gasteiger partial charge in [0, 0.05) is 13.5 Å². The van der Waals surface area contributed by atoms with Crippen molar-refractivity contribution in [1.82, 2.24) is 0 Å². The lowest BCUT2D eigenvalue weighted by atomic mass is 10.0. The Bertz CT molecular complexity index is 338. The normalized spacial score (nSPS) is 12.9. The number of halogens is 2. The second-order valence-corrected chi connectivity index (χ2v) is 3.54. The Kier molecular flexibility index (Phi) is 4.17. The molecule has 0 saturated carbocycles. The van der Waals surface area contributed by atoms with Crippen LogP contribution in [-0.2, 0) is 17.8 Å². The van der Waals surface area contributed by atoms with Crippen LogP contribution in [0.1, 0.15) is 18.1 Å². The number of aliphatic hydroxyl groups excluding tert-OH is 1. The molecule has 0 aliphatic carbocycles. The predicted octanol–water partition coefficient (Wildman–Crippen LogP) is 2.03. The standard InChI is InChI=1S/C11H14F2O2/c1-7(14)3-9-4-8(6-15-2)5-10(12)11(9)13/h4-5,7,14H,3,6H2,1-2H3. The molecule has 0 aliphatic heterocycles. The van der Waals surface area contributed by atoms with Crippen LogP contribution in [0, 0.1) is 11.6 Å². The fourth-order valence-electron chi connectivity index (χ4n) is 1.43. The zero-order valence-corrected chi connectivity index (χ0v) is 8.76. The molecule has 0 heterocycles. The Labute approximate surface area is 87.5 Å². The molecule has 0 saturated heterocycles. The summed E-state index contributed by atoms with van der Waals surface area (Å²) in [6.45, 7) is 1.75. The van der Waals surface area contributed by atoms with E-state index >= 15 is 0 Å². The summed E-state index contributed by atoms with van der Waals surface area (Å²) in [5.41, 5.74) is 0.740. The lowest BCUT2D eigenvalue weighted by Crippen LogP contribution is -2.08. The Morgan fingerprint density at radius 2 is 2.07 bits per heavy atom. The summed E-state index contributed by atoms with van der Waals surface area (Å²) >= 11 is 0. The molecule has 1 rings (SSSR count). The first kappa shape index (κ1) is 12.1. The largest absolute Gasteiger partial charge is 0.393 e. The first-order valence-electron chi connectivity index (χ1n) is 4.68. The molecule has 0 fully saturated rings. The molecule has 1 atom stereocenters. The third-order valence-corrected chi connectivity index (χ3v) is 1.99. The van der Waals surface area contributed by atoms with Crippen LogP contribution in [0.5, 0.6) is 0 Å². The SMILES string of the molecule is COCc1cc(F)c(F)c(CC(C)O)c1. The van der Waals surface area contributed by atoms with Crippen molar-refractivity contribution < 1.29 is 18.6 Å². The summed E-state index contributed by atoms with van der Waals surface area (Å²) < 4.78 is 31.2. The van der Waals surface area contributed by atoms with Gasteiger partial charge in [0.1, 0.15) is 0 Å². The Balaban J connectivity index is 3.01. The van der Waals surface area contributed by atoms with Crippen LogP contribution in [0.4, 0.5) is 8.78 Å². The maximum absolute atomic E-state index is 13.3. The van der Waals surface area contributed by atoms with Gasteiger partial charge in [-0.3, -0.25) is 0 Å². The van der Waals surface area contributed by atoms with E-state index < -0.39 is 17.7 Å². The molecule has 1 unspecified atom stereocenters. The minimum atomic E-state index is -0.903. The van der Waals surface area contributed by atoms with Gasteiger partial charge in [-0.15, -0.1) is 0 Å². The lowest BCUT2D eigenvalue weighted by Gasteiger charge is -2.09. The van der Waals surface area contributed by atoms with Crippen molar-refractivity contribution in [3.8, 4) is 0 Å². The fourth-order valence-corrected chi connectivity index (χ4v) is 1.43. The van der Waals surface area contributed by atoms with Gasteiger partial charge in [-0.05, 0) is 24.1 Å². The minimum Gasteiger partial charge on any atom is -0.393 e. The third kappa shape index (κ3) is 3.25. The van der Waals surface area contributed by atoms with Gasteiger partial charge in [0.2, 0.25) is 0 Å². The van der Waals surface area contributed by atoms with Crippen LogP contribution in [0.2, 0.25) is 0 Å². The zero-order valence-electron chi connectivity index (χ0n) is 8.76. The lowest BCUT2D eigenvalue weighted by molar-refractivity contribution is 0.183. The number of benzene rings is 1. The highest BCUT2D eigenvalue weighted by Crippen LogP contribution is 2.17. The van der Waals surface area contributed by atoms with Gasteiger partial charge >= 0.3 is 0 Å². The quantitative estimate of drug-likeness (QED) is 0.834. The van der Waals surface area contributed by atoms with E-state index in [4.69, 9.17) is 9.84 Å². The van der Waals surface area contributed by atoms with Gasteiger partial charge in [-0.1, -0.05) is 6.07 Å². The average Bonchev–Trinajstić information content (AvgIpc) is 2.13. The van der Waals surface area contributed by atoms with E-state index in [9.17, 15) is 8.78 Å². The maximum Gasteiger partial charge on any atom is 0.162 e. The second-order valence-electron chi connectivity index (χ2n) is 3.54. The molecule has 0 aromatic heterocycles. The molecule has 0 radical (unpaired) electrons. The van der Waals surface area contributed by atoms with Crippen molar-refractivity contribution in [2.45, 2.75) is 26.1 Å². The van der Waals surface area contributed by atoms with E-state index in [1.165, 1.54) is 20.1 Å². The van der Waals surface area contributed by atoms with Crippen molar-refractivity contribution >= 4 is 0 Å². The first-order valence-corrected chi connectivity index (χ1v) is 4.68. The van der Waals surface area contributed by atoms with Gasteiger partial charge in [-0.2, -0.15) is 0 Å². The summed E-state index contributed by atoms with van der Waals surface area (Å²) in [7, 11) is 1.48. The van der Waals surface area contributed by atoms with Crippen LogP contribution in [0.15, 0.2) is 12.1 Å². The summed E-state index contributed by atoms with van der Waals surface area (Å²) in [6.07, 6.45) is -0.600. The number of ether oxygens (including phenoxy) is 1. The Morgan fingerprint density at radius 3 is 2.60 bits per heavy atom. The summed E-state index contributed by atoms with van der Waals surface area (Å²) in [6, 6.07) is 2.61. The van der Waals surface area contributed by atoms with E-state index in [1.807, 2.05) is 0 Å². The van der Waals surface area contributed by atoms with E-state index in [2.05, 4.69) is 0 Å². The summed E-state index contributed by atoms with van der Waals surface area (Å²) in [5.74, 6) is -1.80. The third-order valence-electron chi connectivity index (χ3n) is 1.99. The van der Waals surface area contributed by atoms with Crippen molar-refractivity contribution in [2.24, 2.45) is 0 Å². The molecular weight excluding hydrogens is 202 g/mol. The molecule has 4 heteroatoms. The number of hydrogen-bond acceptors (Lipinski definition) is 2. The zero-order chi connectivity index (χ0) is 11.4. The summed E-state index contributed by atoms with van der Waals surface area (Å²) in [5, 5.41) is 9.12. The Hall–Kier alpha value is -1.00. The highest BCUT2D eigenvalue weighted by atomic mass is 19.2. The highest BCUT2D eigenvalue weighted by Gasteiger charge is 2.12. The number of aliphatic hydroxyl groups is 1. The molecule has 1 aromatic rings. The molecule has 1 aromatic carbocycles. The fraction of sp³-hybridized carbons (Fsp3) is 0.455. The van der Waals surface area contributed by atoms with Gasteiger partial charge in [-0.25, -0.2) is 8.78 Å². The first-order chi connectivity index (χ1) is 7.04. The average molecular weight is 216 g/mol. The second kappa shape index (κ2) is 5.19. The molecule has 0 bridgehead atoms. The van der Waals surface area contributed by atoms with Crippen LogP contribution >= 0.6 is 0 Å². The van der Waals surface area contributed by atoms with Gasteiger partial charge in [0.25, 0.3) is 0 Å². The molecule has 84 valence electrons. The van der Waals surface area contributed by atoms with Crippen LogP contribution < -0.4 is 0 Å². The topological polar surface area (TPSA) is 29.5 Å². The van der Waals surface area contributed by atoms with Gasteiger partial charge < -0.3 is 9.84 Å². The monoisotopic (exact) mass is 216 g/mol. The van der Waals surface area contributed by atoms with E-state index in [0.29, 0.717) is 5.56 Å². The summed E-state index contributed by atoms with van der Waals surface area (Å²) in [4.78, 5) is 0. The molecule has 15 heavy (non-hydrogen) atoms. The van der Waals surface area contributed by atoms with Crippen molar-refractivity contribution in [3.05, 3.63) is 34.9 Å². The van der Waals surface area contributed by atoms with Crippen molar-refractivity contribution in [1.29, 1.82) is 0 Å². The molecular formula is C11H14F2O2. The van der Waals surface area contributed by atoms with Crippen LogP contribution in [0.25, 0.3) is 0 Å². The Morgan fingerprint density at radius 1 is 1.40 bits per heavy atom. The van der Waals surface area contributed by atoms with Crippen molar-refractivity contribution in [3.63, 3.8) is 0 Å². The molecule has 0 aliphatic rings. The number of rotatable bonds is 4. The van der Waals surface area contributed by atoms with Crippen LogP contribution in [0.3, 0.4) is 0 Å². The molecule has 0 amide bonds.